The SMILES string of the molecule is CCN(C1CCNCC1)C(C)C(=O)c1ccc(Cl)cc1Cl. The third-order valence-electron chi connectivity index (χ3n) is 4.22. The van der Waals surface area contributed by atoms with Gasteiger partial charge in [0.15, 0.2) is 5.78 Å². The molecule has 1 aliphatic rings. The van der Waals surface area contributed by atoms with E-state index in [1.807, 2.05) is 6.92 Å². The zero-order chi connectivity index (χ0) is 15.4. The van der Waals surface area contributed by atoms with Crippen molar-refractivity contribution >= 4 is 29.0 Å². The molecule has 1 heterocycles. The number of carbonyl (C=O) groups excluding carboxylic acids is 1. The molecule has 0 saturated carbocycles. The molecule has 0 amide bonds. The summed E-state index contributed by atoms with van der Waals surface area (Å²) in [6.07, 6.45) is 2.17. The van der Waals surface area contributed by atoms with Gasteiger partial charge in [-0.1, -0.05) is 30.1 Å². The minimum absolute atomic E-state index is 0.0667. The van der Waals surface area contributed by atoms with E-state index in [0.29, 0.717) is 21.7 Å². The Labute approximate surface area is 136 Å². The molecule has 0 aromatic heterocycles. The molecule has 1 saturated heterocycles. The van der Waals surface area contributed by atoms with Gasteiger partial charge in [0.25, 0.3) is 0 Å². The number of nitrogens with zero attached hydrogens (tertiary/aromatic N) is 1. The molecule has 1 unspecified atom stereocenters. The largest absolute Gasteiger partial charge is 0.317 e. The maximum Gasteiger partial charge on any atom is 0.181 e. The van der Waals surface area contributed by atoms with E-state index < -0.39 is 0 Å². The van der Waals surface area contributed by atoms with Gasteiger partial charge in [-0.3, -0.25) is 9.69 Å². The van der Waals surface area contributed by atoms with Crippen LogP contribution in [0.15, 0.2) is 18.2 Å². The number of rotatable bonds is 5. The van der Waals surface area contributed by atoms with E-state index in [1.165, 1.54) is 0 Å². The Kier molecular flexibility index (Phi) is 6.06. The summed E-state index contributed by atoms with van der Waals surface area (Å²) in [4.78, 5) is 15.0. The molecule has 5 heteroatoms. The third kappa shape index (κ3) is 3.98. The monoisotopic (exact) mass is 328 g/mol. The minimum Gasteiger partial charge on any atom is -0.317 e. The lowest BCUT2D eigenvalue weighted by atomic mass is 9.98. The molecular formula is C16H22Cl2N2O. The molecule has 0 spiro atoms. The van der Waals surface area contributed by atoms with E-state index in [1.54, 1.807) is 18.2 Å². The van der Waals surface area contributed by atoms with Gasteiger partial charge in [0.1, 0.15) is 0 Å². The highest BCUT2D eigenvalue weighted by Gasteiger charge is 2.29. The lowest BCUT2D eigenvalue weighted by Crippen LogP contribution is -2.49. The van der Waals surface area contributed by atoms with Crippen molar-refractivity contribution in [2.45, 2.75) is 38.8 Å². The Hall–Kier alpha value is -0.610. The number of piperidine rings is 1. The van der Waals surface area contributed by atoms with Crippen molar-refractivity contribution in [1.29, 1.82) is 0 Å². The van der Waals surface area contributed by atoms with Gasteiger partial charge in [-0.05, 0) is 57.6 Å². The fourth-order valence-electron chi connectivity index (χ4n) is 3.05. The van der Waals surface area contributed by atoms with Crippen molar-refractivity contribution in [1.82, 2.24) is 10.2 Å². The van der Waals surface area contributed by atoms with Crippen LogP contribution in [0.25, 0.3) is 0 Å². The highest BCUT2D eigenvalue weighted by Crippen LogP contribution is 2.24. The summed E-state index contributed by atoms with van der Waals surface area (Å²) in [5.74, 6) is 0.0667. The van der Waals surface area contributed by atoms with Crippen LogP contribution in [-0.2, 0) is 0 Å². The first-order chi connectivity index (χ1) is 10.0. The molecule has 21 heavy (non-hydrogen) atoms. The molecule has 0 radical (unpaired) electrons. The Balaban J connectivity index is 2.15. The predicted molar refractivity (Wildman–Crippen MR) is 88.5 cm³/mol. The normalized spacial score (nSPS) is 18.0. The average molecular weight is 329 g/mol. The second-order valence-electron chi connectivity index (χ2n) is 5.48. The maximum atomic E-state index is 12.7. The summed E-state index contributed by atoms with van der Waals surface area (Å²) in [5.41, 5.74) is 0.556. The van der Waals surface area contributed by atoms with Crippen molar-refractivity contribution in [3.8, 4) is 0 Å². The smallest absolute Gasteiger partial charge is 0.181 e. The molecule has 2 rings (SSSR count). The summed E-state index contributed by atoms with van der Waals surface area (Å²) < 4.78 is 0. The van der Waals surface area contributed by atoms with Gasteiger partial charge < -0.3 is 5.32 Å². The number of Topliss-reactive ketones (excluding diaryl/α,β-unsaturated/α-hetero) is 1. The standard InChI is InChI=1S/C16H22Cl2N2O/c1-3-20(13-6-8-19-9-7-13)11(2)16(21)14-5-4-12(17)10-15(14)18/h4-5,10-11,13,19H,3,6-9H2,1-2H3. The number of halogens is 2. The van der Waals surface area contributed by atoms with Crippen molar-refractivity contribution in [3.63, 3.8) is 0 Å². The molecule has 116 valence electrons. The van der Waals surface area contributed by atoms with Crippen molar-refractivity contribution in [2.75, 3.05) is 19.6 Å². The number of carbonyl (C=O) groups is 1. The summed E-state index contributed by atoms with van der Waals surface area (Å²) in [6, 6.07) is 5.36. The van der Waals surface area contributed by atoms with E-state index in [-0.39, 0.29) is 11.8 Å². The second-order valence-corrected chi connectivity index (χ2v) is 6.32. The van der Waals surface area contributed by atoms with Crippen LogP contribution in [0.5, 0.6) is 0 Å². The van der Waals surface area contributed by atoms with Crippen molar-refractivity contribution < 1.29 is 4.79 Å². The molecule has 1 aromatic carbocycles. The summed E-state index contributed by atoms with van der Waals surface area (Å²) in [7, 11) is 0. The van der Waals surface area contributed by atoms with Crippen LogP contribution < -0.4 is 5.32 Å². The van der Waals surface area contributed by atoms with E-state index in [4.69, 9.17) is 23.2 Å². The Bertz CT molecular complexity index is 501. The van der Waals surface area contributed by atoms with Gasteiger partial charge in [0.2, 0.25) is 0 Å². The predicted octanol–water partition coefficient (Wildman–Crippen LogP) is 3.64. The third-order valence-corrected chi connectivity index (χ3v) is 4.76. The molecule has 1 aliphatic heterocycles. The first kappa shape index (κ1) is 16.8. The van der Waals surface area contributed by atoms with Crippen LogP contribution in [0.4, 0.5) is 0 Å². The van der Waals surface area contributed by atoms with Gasteiger partial charge >= 0.3 is 0 Å². The Morgan fingerprint density at radius 3 is 2.62 bits per heavy atom. The Morgan fingerprint density at radius 2 is 2.05 bits per heavy atom. The van der Waals surface area contributed by atoms with Gasteiger partial charge in [-0.2, -0.15) is 0 Å². The summed E-state index contributed by atoms with van der Waals surface area (Å²) in [6.45, 7) is 6.98. The minimum atomic E-state index is -0.170. The van der Waals surface area contributed by atoms with Gasteiger partial charge in [-0.15, -0.1) is 0 Å². The number of nitrogens with one attached hydrogen (secondary N) is 1. The first-order valence-corrected chi connectivity index (χ1v) is 8.26. The van der Waals surface area contributed by atoms with Crippen LogP contribution >= 0.6 is 23.2 Å². The maximum absolute atomic E-state index is 12.7. The molecule has 1 N–H and O–H groups in total. The lowest BCUT2D eigenvalue weighted by molar-refractivity contribution is 0.0728. The van der Waals surface area contributed by atoms with Crippen LogP contribution in [0, 0.1) is 0 Å². The van der Waals surface area contributed by atoms with Gasteiger partial charge in [-0.25, -0.2) is 0 Å². The van der Waals surface area contributed by atoms with Crippen LogP contribution in [-0.4, -0.2) is 42.4 Å². The number of hydrogen-bond donors (Lipinski definition) is 1. The van der Waals surface area contributed by atoms with Crippen LogP contribution in [0.3, 0.4) is 0 Å². The second kappa shape index (κ2) is 7.59. The summed E-state index contributed by atoms with van der Waals surface area (Å²) >= 11 is 12.1. The van der Waals surface area contributed by atoms with E-state index in [2.05, 4.69) is 17.1 Å². The quantitative estimate of drug-likeness (QED) is 0.837. The molecule has 1 atom stereocenters. The molecule has 0 aliphatic carbocycles. The molecule has 3 nitrogen and oxygen atoms in total. The number of likely N-dealkylation sites (N-methyl/N-ethyl adjacent to an activating group) is 1. The Morgan fingerprint density at radius 1 is 1.38 bits per heavy atom. The van der Waals surface area contributed by atoms with Crippen molar-refractivity contribution in [2.24, 2.45) is 0 Å². The van der Waals surface area contributed by atoms with E-state index >= 15 is 0 Å². The van der Waals surface area contributed by atoms with Crippen LogP contribution in [0.2, 0.25) is 10.0 Å². The zero-order valence-corrected chi connectivity index (χ0v) is 14.0. The van der Waals surface area contributed by atoms with Crippen molar-refractivity contribution in [3.05, 3.63) is 33.8 Å². The fourth-order valence-corrected chi connectivity index (χ4v) is 3.55. The topological polar surface area (TPSA) is 32.3 Å². The molecular weight excluding hydrogens is 307 g/mol. The van der Waals surface area contributed by atoms with Gasteiger partial charge in [0, 0.05) is 16.6 Å². The van der Waals surface area contributed by atoms with Crippen LogP contribution in [0.1, 0.15) is 37.0 Å². The molecule has 0 bridgehead atoms. The lowest BCUT2D eigenvalue weighted by Gasteiger charge is -2.37. The van der Waals surface area contributed by atoms with E-state index in [9.17, 15) is 4.79 Å². The molecule has 1 fully saturated rings. The zero-order valence-electron chi connectivity index (χ0n) is 12.5. The van der Waals surface area contributed by atoms with E-state index in [0.717, 1.165) is 32.5 Å². The fraction of sp³-hybridized carbons (Fsp3) is 0.562. The number of ketones is 1. The number of benzene rings is 1. The average Bonchev–Trinajstić information content (AvgIpc) is 2.48. The number of hydrogen-bond acceptors (Lipinski definition) is 3. The van der Waals surface area contributed by atoms with Gasteiger partial charge in [0.05, 0.1) is 11.1 Å². The highest BCUT2D eigenvalue weighted by atomic mass is 35.5. The summed E-state index contributed by atoms with van der Waals surface area (Å²) in [5, 5.41) is 4.34. The molecule has 1 aromatic rings. The first-order valence-electron chi connectivity index (χ1n) is 7.50. The highest BCUT2D eigenvalue weighted by molar-refractivity contribution is 6.37.